The van der Waals surface area contributed by atoms with Gasteiger partial charge < -0.3 is 15.6 Å². The summed E-state index contributed by atoms with van der Waals surface area (Å²) in [5.74, 6) is -0.0283. The van der Waals surface area contributed by atoms with Crippen LogP contribution in [-0.4, -0.2) is 30.5 Å². The van der Waals surface area contributed by atoms with Gasteiger partial charge >= 0.3 is 0 Å². The number of fused-ring (bicyclic) bond motifs is 1. The van der Waals surface area contributed by atoms with Crippen molar-refractivity contribution >= 4 is 16.8 Å². The van der Waals surface area contributed by atoms with Gasteiger partial charge in [0.1, 0.15) is 0 Å². The van der Waals surface area contributed by atoms with Crippen LogP contribution in [0.3, 0.4) is 0 Å². The maximum absolute atomic E-state index is 11.8. The van der Waals surface area contributed by atoms with E-state index in [2.05, 4.69) is 15.6 Å². The van der Waals surface area contributed by atoms with E-state index in [9.17, 15) is 4.79 Å². The quantitative estimate of drug-likeness (QED) is 0.683. The zero-order valence-electron chi connectivity index (χ0n) is 9.92. The van der Waals surface area contributed by atoms with Gasteiger partial charge in [0.25, 0.3) is 5.91 Å². The lowest BCUT2D eigenvalue weighted by Gasteiger charge is -2.05. The van der Waals surface area contributed by atoms with Crippen LogP contribution in [0.1, 0.15) is 17.3 Å². The van der Waals surface area contributed by atoms with Crippen LogP contribution in [0.2, 0.25) is 0 Å². The van der Waals surface area contributed by atoms with E-state index in [1.807, 2.05) is 37.4 Å². The molecular formula is C13H17N3O. The standard InChI is InChI=1S/C13H17N3O/c1-2-14-7-8-16-13(17)11-4-3-10-5-6-15-12(10)9-11/h3-6,9,14-15H,2,7-8H2,1H3,(H,16,17). The van der Waals surface area contributed by atoms with E-state index in [-0.39, 0.29) is 5.91 Å². The fourth-order valence-corrected chi connectivity index (χ4v) is 1.73. The lowest BCUT2D eigenvalue weighted by Crippen LogP contribution is -2.31. The number of benzene rings is 1. The Morgan fingerprint density at radius 1 is 1.29 bits per heavy atom. The van der Waals surface area contributed by atoms with Crippen LogP contribution in [-0.2, 0) is 0 Å². The number of hydrogen-bond donors (Lipinski definition) is 3. The summed E-state index contributed by atoms with van der Waals surface area (Å²) in [6.45, 7) is 4.41. The van der Waals surface area contributed by atoms with Gasteiger partial charge in [-0.1, -0.05) is 13.0 Å². The zero-order chi connectivity index (χ0) is 12.1. The number of aromatic amines is 1. The van der Waals surface area contributed by atoms with E-state index in [4.69, 9.17) is 0 Å². The number of carbonyl (C=O) groups excluding carboxylic acids is 1. The van der Waals surface area contributed by atoms with Crippen molar-refractivity contribution in [3.63, 3.8) is 0 Å². The minimum atomic E-state index is -0.0283. The molecule has 1 aromatic heterocycles. The smallest absolute Gasteiger partial charge is 0.251 e. The summed E-state index contributed by atoms with van der Waals surface area (Å²) in [6, 6.07) is 7.66. The summed E-state index contributed by atoms with van der Waals surface area (Å²) >= 11 is 0. The molecule has 0 saturated carbocycles. The van der Waals surface area contributed by atoms with Gasteiger partial charge in [-0.2, -0.15) is 0 Å². The molecule has 0 radical (unpaired) electrons. The first kappa shape index (κ1) is 11.7. The van der Waals surface area contributed by atoms with Crippen molar-refractivity contribution in [2.75, 3.05) is 19.6 Å². The average Bonchev–Trinajstić information content (AvgIpc) is 2.81. The SMILES string of the molecule is CCNCCNC(=O)c1ccc2cc[nH]c2c1. The Morgan fingerprint density at radius 3 is 3.00 bits per heavy atom. The number of likely N-dealkylation sites (N-methyl/N-ethyl adjacent to an activating group) is 1. The molecule has 2 aromatic rings. The molecule has 17 heavy (non-hydrogen) atoms. The minimum Gasteiger partial charge on any atom is -0.361 e. The Kier molecular flexibility index (Phi) is 3.77. The molecule has 0 aliphatic rings. The minimum absolute atomic E-state index is 0.0283. The number of hydrogen-bond acceptors (Lipinski definition) is 2. The van der Waals surface area contributed by atoms with E-state index < -0.39 is 0 Å². The third-order valence-corrected chi connectivity index (χ3v) is 2.65. The summed E-state index contributed by atoms with van der Waals surface area (Å²) in [5.41, 5.74) is 1.68. The highest BCUT2D eigenvalue weighted by molar-refractivity contribution is 5.97. The number of rotatable bonds is 5. The van der Waals surface area contributed by atoms with Gasteiger partial charge in [0.15, 0.2) is 0 Å². The Labute approximate surface area is 100 Å². The Bertz CT molecular complexity index is 504. The third kappa shape index (κ3) is 2.85. The highest BCUT2D eigenvalue weighted by Gasteiger charge is 2.05. The van der Waals surface area contributed by atoms with Crippen LogP contribution in [0, 0.1) is 0 Å². The molecule has 3 N–H and O–H groups in total. The molecule has 4 heteroatoms. The maximum atomic E-state index is 11.8. The summed E-state index contributed by atoms with van der Waals surface area (Å²) in [4.78, 5) is 14.9. The van der Waals surface area contributed by atoms with Crippen molar-refractivity contribution in [2.45, 2.75) is 6.92 Å². The molecular weight excluding hydrogens is 214 g/mol. The molecule has 1 aromatic carbocycles. The molecule has 4 nitrogen and oxygen atoms in total. The molecule has 1 amide bonds. The van der Waals surface area contributed by atoms with Crippen LogP contribution < -0.4 is 10.6 Å². The van der Waals surface area contributed by atoms with Crippen LogP contribution in [0.25, 0.3) is 10.9 Å². The van der Waals surface area contributed by atoms with Crippen molar-refractivity contribution in [3.05, 3.63) is 36.0 Å². The van der Waals surface area contributed by atoms with Crippen molar-refractivity contribution < 1.29 is 4.79 Å². The number of H-pyrrole nitrogens is 1. The van der Waals surface area contributed by atoms with Crippen molar-refractivity contribution in [1.82, 2.24) is 15.6 Å². The molecule has 2 rings (SSSR count). The summed E-state index contributed by atoms with van der Waals surface area (Å²) < 4.78 is 0. The van der Waals surface area contributed by atoms with Gasteiger partial charge in [-0.15, -0.1) is 0 Å². The van der Waals surface area contributed by atoms with E-state index >= 15 is 0 Å². The molecule has 1 heterocycles. The normalized spacial score (nSPS) is 10.6. The topological polar surface area (TPSA) is 56.9 Å². The molecule has 0 unspecified atom stereocenters. The number of nitrogens with one attached hydrogen (secondary N) is 3. The second-order valence-electron chi connectivity index (χ2n) is 3.89. The van der Waals surface area contributed by atoms with Gasteiger partial charge in [0.05, 0.1) is 0 Å². The second kappa shape index (κ2) is 5.50. The predicted octanol–water partition coefficient (Wildman–Crippen LogP) is 1.51. The molecule has 90 valence electrons. The fraction of sp³-hybridized carbons (Fsp3) is 0.308. The molecule has 0 saturated heterocycles. The van der Waals surface area contributed by atoms with Crippen LogP contribution in [0.5, 0.6) is 0 Å². The Morgan fingerprint density at radius 2 is 2.18 bits per heavy atom. The monoisotopic (exact) mass is 231 g/mol. The zero-order valence-corrected chi connectivity index (χ0v) is 9.92. The van der Waals surface area contributed by atoms with Gasteiger partial charge in [0, 0.05) is 30.4 Å². The summed E-state index contributed by atoms with van der Waals surface area (Å²) in [6.07, 6.45) is 1.87. The molecule has 0 aliphatic heterocycles. The van der Waals surface area contributed by atoms with E-state index in [1.165, 1.54) is 0 Å². The largest absolute Gasteiger partial charge is 0.361 e. The van der Waals surface area contributed by atoms with Gasteiger partial charge in [-0.25, -0.2) is 0 Å². The van der Waals surface area contributed by atoms with Crippen LogP contribution in [0.4, 0.5) is 0 Å². The lowest BCUT2D eigenvalue weighted by molar-refractivity contribution is 0.0954. The van der Waals surface area contributed by atoms with Crippen LogP contribution >= 0.6 is 0 Å². The average molecular weight is 231 g/mol. The van der Waals surface area contributed by atoms with E-state index in [1.54, 1.807) is 0 Å². The number of aromatic nitrogens is 1. The maximum Gasteiger partial charge on any atom is 0.251 e. The number of carbonyl (C=O) groups is 1. The van der Waals surface area contributed by atoms with Gasteiger partial charge in [0.2, 0.25) is 0 Å². The molecule has 0 bridgehead atoms. The van der Waals surface area contributed by atoms with Crippen molar-refractivity contribution in [1.29, 1.82) is 0 Å². The number of amides is 1. The molecule has 0 aliphatic carbocycles. The van der Waals surface area contributed by atoms with Gasteiger partial charge in [-0.3, -0.25) is 4.79 Å². The summed E-state index contributed by atoms with van der Waals surface area (Å²) in [5, 5.41) is 7.15. The van der Waals surface area contributed by atoms with Gasteiger partial charge in [-0.05, 0) is 30.1 Å². The lowest BCUT2D eigenvalue weighted by atomic mass is 10.1. The first-order valence-electron chi connectivity index (χ1n) is 5.87. The highest BCUT2D eigenvalue weighted by Crippen LogP contribution is 2.13. The summed E-state index contributed by atoms with van der Waals surface area (Å²) in [7, 11) is 0. The molecule has 0 spiro atoms. The Hall–Kier alpha value is -1.81. The Balaban J connectivity index is 1.98. The first-order valence-corrected chi connectivity index (χ1v) is 5.87. The first-order chi connectivity index (χ1) is 8.31. The third-order valence-electron chi connectivity index (χ3n) is 2.65. The van der Waals surface area contributed by atoms with E-state index in [0.29, 0.717) is 12.1 Å². The van der Waals surface area contributed by atoms with Crippen LogP contribution in [0.15, 0.2) is 30.5 Å². The van der Waals surface area contributed by atoms with Crippen molar-refractivity contribution in [3.8, 4) is 0 Å². The van der Waals surface area contributed by atoms with E-state index in [0.717, 1.165) is 24.0 Å². The molecule has 0 fully saturated rings. The van der Waals surface area contributed by atoms with Crippen molar-refractivity contribution in [2.24, 2.45) is 0 Å². The predicted molar refractivity (Wildman–Crippen MR) is 69.2 cm³/mol. The fourth-order valence-electron chi connectivity index (χ4n) is 1.73. The second-order valence-corrected chi connectivity index (χ2v) is 3.89. The highest BCUT2D eigenvalue weighted by atomic mass is 16.1. The molecule has 0 atom stereocenters.